The standard InChI is InChI=1S/C24H22N2O2/c1-2-17-9-8-13-20(15-17)25-23(27)22(18-10-4-3-5-11-18)26-16-19-12-6-7-14-21(19)24(26)28/h3-15,22H,2,16H2,1H3,(H,25,27)/t22-/m0/s1. The van der Waals surface area contributed by atoms with E-state index in [-0.39, 0.29) is 11.8 Å². The van der Waals surface area contributed by atoms with Crippen LogP contribution >= 0.6 is 0 Å². The van der Waals surface area contributed by atoms with Gasteiger partial charge >= 0.3 is 0 Å². The van der Waals surface area contributed by atoms with Gasteiger partial charge in [0.15, 0.2) is 0 Å². The lowest BCUT2D eigenvalue weighted by molar-refractivity contribution is -0.120. The first-order chi connectivity index (χ1) is 13.7. The van der Waals surface area contributed by atoms with Crippen LogP contribution in [0.5, 0.6) is 0 Å². The van der Waals surface area contributed by atoms with E-state index in [2.05, 4.69) is 12.2 Å². The minimum atomic E-state index is -0.689. The molecule has 1 heterocycles. The molecule has 0 fully saturated rings. The van der Waals surface area contributed by atoms with E-state index in [0.29, 0.717) is 12.1 Å². The van der Waals surface area contributed by atoms with Crippen LogP contribution in [-0.2, 0) is 17.8 Å². The number of hydrogen-bond acceptors (Lipinski definition) is 2. The molecule has 0 aliphatic carbocycles. The second-order valence-corrected chi connectivity index (χ2v) is 6.95. The van der Waals surface area contributed by atoms with Crippen LogP contribution in [0.2, 0.25) is 0 Å². The lowest BCUT2D eigenvalue weighted by atomic mass is 10.0. The summed E-state index contributed by atoms with van der Waals surface area (Å²) in [7, 11) is 0. The Hall–Kier alpha value is -3.40. The van der Waals surface area contributed by atoms with Crippen LogP contribution in [-0.4, -0.2) is 16.7 Å². The average molecular weight is 370 g/mol. The number of anilines is 1. The van der Waals surface area contributed by atoms with Crippen molar-refractivity contribution in [3.8, 4) is 0 Å². The summed E-state index contributed by atoms with van der Waals surface area (Å²) in [6.07, 6.45) is 0.895. The summed E-state index contributed by atoms with van der Waals surface area (Å²) in [6.45, 7) is 2.50. The van der Waals surface area contributed by atoms with Gasteiger partial charge in [0, 0.05) is 17.8 Å². The number of carbonyl (C=O) groups excluding carboxylic acids is 2. The van der Waals surface area contributed by atoms with Crippen molar-refractivity contribution in [3.63, 3.8) is 0 Å². The molecule has 0 spiro atoms. The van der Waals surface area contributed by atoms with Crippen molar-refractivity contribution in [2.75, 3.05) is 5.32 Å². The first-order valence-electron chi connectivity index (χ1n) is 9.51. The quantitative estimate of drug-likeness (QED) is 0.714. The van der Waals surface area contributed by atoms with Crippen LogP contribution in [0.3, 0.4) is 0 Å². The fraction of sp³-hybridized carbons (Fsp3) is 0.167. The molecule has 4 nitrogen and oxygen atoms in total. The molecule has 140 valence electrons. The average Bonchev–Trinajstić information content (AvgIpc) is 3.05. The van der Waals surface area contributed by atoms with Crippen LogP contribution < -0.4 is 5.32 Å². The van der Waals surface area contributed by atoms with Gasteiger partial charge in [0.2, 0.25) is 0 Å². The SMILES string of the molecule is CCc1cccc(NC(=O)[C@H](c2ccccc2)N2Cc3ccccc3C2=O)c1. The van der Waals surface area contributed by atoms with Gasteiger partial charge in [-0.05, 0) is 41.3 Å². The maximum absolute atomic E-state index is 13.3. The molecule has 1 aliphatic heterocycles. The van der Waals surface area contributed by atoms with E-state index in [4.69, 9.17) is 0 Å². The summed E-state index contributed by atoms with van der Waals surface area (Å²) < 4.78 is 0. The number of aryl methyl sites for hydroxylation is 1. The smallest absolute Gasteiger partial charge is 0.255 e. The largest absolute Gasteiger partial charge is 0.324 e. The van der Waals surface area contributed by atoms with E-state index in [1.165, 1.54) is 0 Å². The highest BCUT2D eigenvalue weighted by molar-refractivity contribution is 6.04. The Balaban J connectivity index is 1.67. The summed E-state index contributed by atoms with van der Waals surface area (Å²) in [5.41, 5.74) is 4.32. The number of nitrogens with one attached hydrogen (secondary N) is 1. The van der Waals surface area contributed by atoms with Gasteiger partial charge in [0.05, 0.1) is 0 Å². The highest BCUT2D eigenvalue weighted by atomic mass is 16.2. The van der Waals surface area contributed by atoms with Gasteiger partial charge < -0.3 is 10.2 Å². The second-order valence-electron chi connectivity index (χ2n) is 6.95. The van der Waals surface area contributed by atoms with Crippen LogP contribution in [0.25, 0.3) is 0 Å². The third-order valence-electron chi connectivity index (χ3n) is 5.13. The molecule has 0 saturated carbocycles. The molecule has 28 heavy (non-hydrogen) atoms. The maximum atomic E-state index is 13.3. The Labute approximate surface area is 164 Å². The Morgan fingerprint density at radius 1 is 1.00 bits per heavy atom. The third kappa shape index (κ3) is 3.41. The predicted molar refractivity (Wildman–Crippen MR) is 110 cm³/mol. The zero-order chi connectivity index (χ0) is 19.5. The molecule has 1 atom stereocenters. The van der Waals surface area contributed by atoms with Crippen molar-refractivity contribution >= 4 is 17.5 Å². The summed E-state index contributed by atoms with van der Waals surface area (Å²) >= 11 is 0. The van der Waals surface area contributed by atoms with Gasteiger partial charge in [-0.3, -0.25) is 9.59 Å². The summed E-state index contributed by atoms with van der Waals surface area (Å²) in [5.74, 6) is -0.317. The van der Waals surface area contributed by atoms with E-state index >= 15 is 0 Å². The van der Waals surface area contributed by atoms with E-state index in [9.17, 15) is 9.59 Å². The molecule has 0 unspecified atom stereocenters. The molecule has 4 rings (SSSR count). The Morgan fingerprint density at radius 2 is 1.75 bits per heavy atom. The number of benzene rings is 3. The fourth-order valence-corrected chi connectivity index (χ4v) is 3.67. The fourth-order valence-electron chi connectivity index (χ4n) is 3.67. The highest BCUT2D eigenvalue weighted by Crippen LogP contribution is 2.32. The highest BCUT2D eigenvalue weighted by Gasteiger charge is 2.37. The molecule has 3 aromatic carbocycles. The normalized spacial score (nSPS) is 13.9. The monoisotopic (exact) mass is 370 g/mol. The number of hydrogen-bond donors (Lipinski definition) is 1. The maximum Gasteiger partial charge on any atom is 0.255 e. The first-order valence-corrected chi connectivity index (χ1v) is 9.51. The molecule has 1 aliphatic rings. The van der Waals surface area contributed by atoms with E-state index < -0.39 is 6.04 Å². The lowest BCUT2D eigenvalue weighted by Crippen LogP contribution is -2.37. The zero-order valence-electron chi connectivity index (χ0n) is 15.8. The van der Waals surface area contributed by atoms with Crippen molar-refractivity contribution in [3.05, 3.63) is 101 Å². The Bertz CT molecular complexity index is 1010. The first kappa shape index (κ1) is 18.0. The Morgan fingerprint density at radius 3 is 2.50 bits per heavy atom. The van der Waals surface area contributed by atoms with Gasteiger partial charge in [0.1, 0.15) is 6.04 Å². The van der Waals surface area contributed by atoms with Crippen molar-refractivity contribution in [1.82, 2.24) is 4.90 Å². The number of fused-ring (bicyclic) bond motifs is 1. The molecule has 0 bridgehead atoms. The Kier molecular flexibility index (Phi) is 4.94. The predicted octanol–water partition coefficient (Wildman–Crippen LogP) is 4.58. The van der Waals surface area contributed by atoms with Gasteiger partial charge in [-0.15, -0.1) is 0 Å². The molecule has 0 saturated heterocycles. The van der Waals surface area contributed by atoms with Gasteiger partial charge in [0.25, 0.3) is 11.8 Å². The molecular weight excluding hydrogens is 348 g/mol. The van der Waals surface area contributed by atoms with E-state index in [1.807, 2.05) is 78.9 Å². The minimum absolute atomic E-state index is 0.109. The summed E-state index contributed by atoms with van der Waals surface area (Å²) in [5, 5.41) is 3.01. The van der Waals surface area contributed by atoms with Gasteiger partial charge in [-0.25, -0.2) is 0 Å². The summed E-state index contributed by atoms with van der Waals surface area (Å²) in [6, 6.07) is 24.1. The van der Waals surface area contributed by atoms with Crippen molar-refractivity contribution in [1.29, 1.82) is 0 Å². The minimum Gasteiger partial charge on any atom is -0.324 e. The molecule has 4 heteroatoms. The zero-order valence-corrected chi connectivity index (χ0v) is 15.8. The number of rotatable bonds is 5. The number of nitrogens with zero attached hydrogens (tertiary/aromatic N) is 1. The van der Waals surface area contributed by atoms with Gasteiger partial charge in [-0.2, -0.15) is 0 Å². The molecule has 1 N–H and O–H groups in total. The van der Waals surface area contributed by atoms with Crippen LogP contribution in [0.15, 0.2) is 78.9 Å². The van der Waals surface area contributed by atoms with E-state index in [0.717, 1.165) is 28.8 Å². The second kappa shape index (κ2) is 7.69. The molecular formula is C24H22N2O2. The number of amides is 2. The number of carbonyl (C=O) groups is 2. The van der Waals surface area contributed by atoms with Crippen molar-refractivity contribution in [2.45, 2.75) is 25.9 Å². The molecule has 3 aromatic rings. The van der Waals surface area contributed by atoms with Crippen LogP contribution in [0.4, 0.5) is 5.69 Å². The lowest BCUT2D eigenvalue weighted by Gasteiger charge is -2.27. The van der Waals surface area contributed by atoms with Crippen molar-refractivity contribution in [2.24, 2.45) is 0 Å². The van der Waals surface area contributed by atoms with Crippen LogP contribution in [0.1, 0.15) is 40.0 Å². The molecule has 0 radical (unpaired) electrons. The van der Waals surface area contributed by atoms with Crippen LogP contribution in [0, 0.1) is 0 Å². The molecule has 0 aromatic heterocycles. The van der Waals surface area contributed by atoms with E-state index in [1.54, 1.807) is 4.90 Å². The summed E-state index contributed by atoms with van der Waals surface area (Å²) in [4.78, 5) is 28.0. The van der Waals surface area contributed by atoms with Crippen molar-refractivity contribution < 1.29 is 9.59 Å². The topological polar surface area (TPSA) is 49.4 Å². The molecule has 2 amide bonds. The third-order valence-corrected chi connectivity index (χ3v) is 5.13. The van der Waals surface area contributed by atoms with Gasteiger partial charge in [-0.1, -0.05) is 67.6 Å².